The van der Waals surface area contributed by atoms with E-state index in [0.29, 0.717) is 73.7 Å². The van der Waals surface area contributed by atoms with E-state index in [9.17, 15) is 9.59 Å². The topological polar surface area (TPSA) is 117 Å². The number of anilines is 3. The highest BCUT2D eigenvalue weighted by Crippen LogP contribution is 2.19. The van der Waals surface area contributed by atoms with E-state index in [1.54, 1.807) is 42.9 Å². The maximum Gasteiger partial charge on any atom is 0.254 e. The number of piperazine rings is 1. The number of Topliss-reactive ketones (excluding diaryl/α,β-unsaturated/α-hetero) is 1. The normalized spacial score (nSPS) is 13.3. The molecule has 0 aliphatic carbocycles. The van der Waals surface area contributed by atoms with Crippen LogP contribution in [-0.2, 0) is 12.8 Å². The second-order valence-corrected chi connectivity index (χ2v) is 8.88. The molecule has 0 saturated carbocycles. The zero-order chi connectivity index (χ0) is 26.3. The van der Waals surface area contributed by atoms with Gasteiger partial charge in [-0.25, -0.2) is 4.98 Å². The van der Waals surface area contributed by atoms with Gasteiger partial charge in [0.05, 0.1) is 0 Å². The van der Waals surface area contributed by atoms with Crippen LogP contribution in [0.25, 0.3) is 0 Å². The monoisotopic (exact) mass is 508 g/mol. The Bertz CT molecular complexity index is 1410. The van der Waals surface area contributed by atoms with Crippen LogP contribution in [0.5, 0.6) is 0 Å². The largest absolute Gasteiger partial charge is 0.337 e. The van der Waals surface area contributed by atoms with Gasteiger partial charge in [0.25, 0.3) is 5.91 Å². The molecule has 1 aromatic carbocycles. The first-order chi connectivity index (χ1) is 18.6. The van der Waals surface area contributed by atoms with Crippen LogP contribution in [0, 0.1) is 0 Å². The minimum Gasteiger partial charge on any atom is -0.337 e. The van der Waals surface area contributed by atoms with Gasteiger partial charge in [-0.2, -0.15) is 15.0 Å². The zero-order valence-electron chi connectivity index (χ0n) is 21.1. The van der Waals surface area contributed by atoms with Crippen molar-refractivity contribution < 1.29 is 9.59 Å². The van der Waals surface area contributed by atoms with E-state index in [1.807, 2.05) is 42.2 Å². The summed E-state index contributed by atoms with van der Waals surface area (Å²) in [4.78, 5) is 51.6. The van der Waals surface area contributed by atoms with Gasteiger partial charge in [-0.05, 0) is 29.8 Å². The summed E-state index contributed by atoms with van der Waals surface area (Å²) in [5.41, 5.74) is 2.15. The summed E-state index contributed by atoms with van der Waals surface area (Å²) in [6, 6.07) is 16.5. The molecule has 1 aliphatic heterocycles. The molecule has 3 aromatic heterocycles. The molecule has 4 heterocycles. The van der Waals surface area contributed by atoms with E-state index < -0.39 is 0 Å². The lowest BCUT2D eigenvalue weighted by molar-refractivity contribution is 0.0746. The fourth-order valence-corrected chi connectivity index (χ4v) is 4.22. The van der Waals surface area contributed by atoms with Crippen molar-refractivity contribution in [1.82, 2.24) is 29.8 Å². The second kappa shape index (κ2) is 11.5. The lowest BCUT2D eigenvalue weighted by Crippen LogP contribution is -2.49. The predicted molar refractivity (Wildman–Crippen MR) is 144 cm³/mol. The third kappa shape index (κ3) is 5.97. The first-order valence-corrected chi connectivity index (χ1v) is 12.6. The number of pyridine rings is 2. The van der Waals surface area contributed by atoms with E-state index in [1.165, 1.54) is 0 Å². The van der Waals surface area contributed by atoms with Crippen LogP contribution in [0.3, 0.4) is 0 Å². The second-order valence-electron chi connectivity index (χ2n) is 8.88. The van der Waals surface area contributed by atoms with Gasteiger partial charge in [0.1, 0.15) is 11.6 Å². The van der Waals surface area contributed by atoms with Crippen molar-refractivity contribution >= 4 is 29.4 Å². The third-order valence-corrected chi connectivity index (χ3v) is 6.29. The van der Waals surface area contributed by atoms with E-state index >= 15 is 0 Å². The quantitative estimate of drug-likeness (QED) is 0.358. The molecule has 192 valence electrons. The Morgan fingerprint density at radius 2 is 1.61 bits per heavy atom. The molecule has 10 heteroatoms. The molecule has 0 spiro atoms. The first-order valence-electron chi connectivity index (χ1n) is 12.6. The van der Waals surface area contributed by atoms with Gasteiger partial charge in [-0.3, -0.25) is 14.6 Å². The Hall–Kier alpha value is -4.73. The highest BCUT2D eigenvalue weighted by Gasteiger charge is 2.24. The molecule has 0 radical (unpaired) electrons. The van der Waals surface area contributed by atoms with Crippen molar-refractivity contribution in [1.29, 1.82) is 0 Å². The SMILES string of the molecule is CCc1nc(Nc2cc(C(=O)Cc3ccccc3)ccn2)nc(N2CCN(C(=O)c3ccncc3)CC2)n1. The number of carbonyl (C=O) groups excluding carboxylic acids is 2. The smallest absolute Gasteiger partial charge is 0.254 e. The van der Waals surface area contributed by atoms with Crippen LogP contribution in [0.15, 0.2) is 73.2 Å². The van der Waals surface area contributed by atoms with Crippen LogP contribution in [0.2, 0.25) is 0 Å². The molecule has 1 aliphatic rings. The number of aromatic nitrogens is 5. The fourth-order valence-electron chi connectivity index (χ4n) is 4.22. The van der Waals surface area contributed by atoms with Gasteiger partial charge in [0, 0.05) is 68.7 Å². The summed E-state index contributed by atoms with van der Waals surface area (Å²) >= 11 is 0. The number of benzene rings is 1. The van der Waals surface area contributed by atoms with E-state index in [2.05, 4.69) is 35.1 Å². The van der Waals surface area contributed by atoms with Crippen molar-refractivity contribution in [3.63, 3.8) is 0 Å². The summed E-state index contributed by atoms with van der Waals surface area (Å²) in [7, 11) is 0. The molecule has 1 fully saturated rings. The predicted octanol–water partition coefficient (Wildman–Crippen LogP) is 3.36. The fraction of sp³-hybridized carbons (Fsp3) is 0.250. The molecule has 5 rings (SSSR count). The lowest BCUT2D eigenvalue weighted by Gasteiger charge is -2.34. The Morgan fingerprint density at radius 3 is 2.34 bits per heavy atom. The number of ketones is 1. The summed E-state index contributed by atoms with van der Waals surface area (Å²) in [6.45, 7) is 4.31. The maximum atomic E-state index is 12.8. The minimum absolute atomic E-state index is 0.00594. The summed E-state index contributed by atoms with van der Waals surface area (Å²) in [6.07, 6.45) is 5.80. The van der Waals surface area contributed by atoms with E-state index in [0.717, 1.165) is 5.56 Å². The van der Waals surface area contributed by atoms with Crippen molar-refractivity contribution in [3.8, 4) is 0 Å². The summed E-state index contributed by atoms with van der Waals surface area (Å²) in [5.74, 6) is 2.03. The number of aryl methyl sites for hydroxylation is 1. The van der Waals surface area contributed by atoms with Crippen molar-refractivity contribution in [2.75, 3.05) is 36.4 Å². The number of amides is 1. The highest BCUT2D eigenvalue weighted by atomic mass is 16.2. The Morgan fingerprint density at radius 1 is 0.868 bits per heavy atom. The summed E-state index contributed by atoms with van der Waals surface area (Å²) < 4.78 is 0. The van der Waals surface area contributed by atoms with Crippen LogP contribution in [0.4, 0.5) is 17.7 Å². The molecule has 38 heavy (non-hydrogen) atoms. The molecule has 4 aromatic rings. The van der Waals surface area contributed by atoms with Gasteiger partial charge >= 0.3 is 0 Å². The Kier molecular flexibility index (Phi) is 7.58. The van der Waals surface area contributed by atoms with Crippen LogP contribution < -0.4 is 10.2 Å². The zero-order valence-corrected chi connectivity index (χ0v) is 21.1. The van der Waals surface area contributed by atoms with Crippen LogP contribution >= 0.6 is 0 Å². The van der Waals surface area contributed by atoms with Gasteiger partial charge < -0.3 is 15.1 Å². The molecule has 0 unspecified atom stereocenters. The van der Waals surface area contributed by atoms with Gasteiger partial charge in [0.15, 0.2) is 5.78 Å². The van der Waals surface area contributed by atoms with E-state index in [-0.39, 0.29) is 11.7 Å². The number of nitrogens with zero attached hydrogens (tertiary/aromatic N) is 7. The highest BCUT2D eigenvalue weighted by molar-refractivity contribution is 5.98. The Balaban J connectivity index is 1.27. The van der Waals surface area contributed by atoms with Crippen LogP contribution in [0.1, 0.15) is 39.0 Å². The van der Waals surface area contributed by atoms with Crippen molar-refractivity contribution in [2.24, 2.45) is 0 Å². The van der Waals surface area contributed by atoms with Crippen molar-refractivity contribution in [2.45, 2.75) is 19.8 Å². The maximum absolute atomic E-state index is 12.8. The number of hydrogen-bond acceptors (Lipinski definition) is 9. The molecular formula is C28H28N8O2. The standard InChI is InChI=1S/C28H28N8O2/c1-2-24-31-27(32-25-19-22(10-13-30-25)23(37)18-20-6-4-3-5-7-20)34-28(33-24)36-16-14-35(15-17-36)26(38)21-8-11-29-12-9-21/h3-13,19H,2,14-18H2,1H3,(H,30,31,32,33,34). The van der Waals surface area contributed by atoms with Crippen molar-refractivity contribution in [3.05, 3.63) is 95.7 Å². The van der Waals surface area contributed by atoms with Gasteiger partial charge in [0.2, 0.25) is 11.9 Å². The third-order valence-electron chi connectivity index (χ3n) is 6.29. The lowest BCUT2D eigenvalue weighted by atomic mass is 10.0. The van der Waals surface area contributed by atoms with Gasteiger partial charge in [-0.15, -0.1) is 0 Å². The summed E-state index contributed by atoms with van der Waals surface area (Å²) in [5, 5.41) is 3.14. The molecule has 0 atom stereocenters. The Labute approximate surface area is 220 Å². The molecule has 1 amide bonds. The number of rotatable bonds is 8. The molecule has 1 saturated heterocycles. The number of nitrogens with one attached hydrogen (secondary N) is 1. The molecule has 0 bridgehead atoms. The number of hydrogen-bond donors (Lipinski definition) is 1. The average Bonchev–Trinajstić information content (AvgIpc) is 2.98. The molecular weight excluding hydrogens is 480 g/mol. The molecule has 10 nitrogen and oxygen atoms in total. The minimum atomic E-state index is -0.00735. The average molecular weight is 509 g/mol. The van der Waals surface area contributed by atoms with E-state index in [4.69, 9.17) is 0 Å². The first kappa shape index (κ1) is 24.9. The molecule has 1 N–H and O–H groups in total. The number of carbonyl (C=O) groups is 2. The van der Waals surface area contributed by atoms with Crippen LogP contribution in [-0.4, -0.2) is 67.7 Å². The van der Waals surface area contributed by atoms with Gasteiger partial charge in [-0.1, -0.05) is 37.3 Å².